The second-order valence-electron chi connectivity index (χ2n) is 6.53. The van der Waals surface area contributed by atoms with E-state index in [0.717, 1.165) is 36.7 Å². The van der Waals surface area contributed by atoms with Crippen molar-refractivity contribution < 1.29 is 8.78 Å². The molecule has 1 atom stereocenters. The Labute approximate surface area is 149 Å². The molecule has 0 radical (unpaired) electrons. The number of fused-ring (bicyclic) bond motifs is 1. The summed E-state index contributed by atoms with van der Waals surface area (Å²) >= 11 is 5.91. The summed E-state index contributed by atoms with van der Waals surface area (Å²) in [6.45, 7) is 0. The molecule has 0 unspecified atom stereocenters. The van der Waals surface area contributed by atoms with Crippen LogP contribution in [0.25, 0.3) is 11.0 Å². The van der Waals surface area contributed by atoms with Gasteiger partial charge in [0.1, 0.15) is 11.6 Å². The molecule has 3 nitrogen and oxygen atoms in total. The van der Waals surface area contributed by atoms with Crippen molar-refractivity contribution in [2.24, 2.45) is 5.92 Å². The van der Waals surface area contributed by atoms with E-state index in [-0.39, 0.29) is 16.5 Å². The molecule has 1 aromatic heterocycles. The highest BCUT2D eigenvalue weighted by molar-refractivity contribution is 6.30. The van der Waals surface area contributed by atoms with Gasteiger partial charge in [0.05, 0.1) is 22.1 Å². The third kappa shape index (κ3) is 3.09. The number of rotatable bonds is 4. The van der Waals surface area contributed by atoms with E-state index in [1.165, 1.54) is 12.1 Å². The van der Waals surface area contributed by atoms with Crippen LogP contribution in [0.15, 0.2) is 36.4 Å². The number of imidazole rings is 1. The van der Waals surface area contributed by atoms with Gasteiger partial charge in [-0.3, -0.25) is 0 Å². The van der Waals surface area contributed by atoms with Crippen molar-refractivity contribution in [1.82, 2.24) is 9.97 Å². The zero-order valence-corrected chi connectivity index (χ0v) is 14.3. The molecule has 3 aromatic rings. The molecule has 1 saturated carbocycles. The fourth-order valence-corrected chi connectivity index (χ4v) is 3.88. The first kappa shape index (κ1) is 16.3. The summed E-state index contributed by atoms with van der Waals surface area (Å²) < 4.78 is 29.1. The fraction of sp³-hybridized carbons (Fsp3) is 0.316. The van der Waals surface area contributed by atoms with Gasteiger partial charge in [0.25, 0.3) is 0 Å². The third-order valence-electron chi connectivity index (χ3n) is 4.94. The van der Waals surface area contributed by atoms with E-state index in [1.807, 2.05) is 24.3 Å². The number of benzene rings is 2. The molecular weight excluding hydrogens is 344 g/mol. The number of nitrogens with zero attached hydrogens (tertiary/aromatic N) is 1. The Hall–Kier alpha value is -2.14. The molecule has 4 rings (SSSR count). The summed E-state index contributed by atoms with van der Waals surface area (Å²) in [5, 5.41) is 3.17. The van der Waals surface area contributed by atoms with Crippen LogP contribution in [-0.4, -0.2) is 9.97 Å². The second-order valence-corrected chi connectivity index (χ2v) is 6.93. The SMILES string of the molecule is Fc1ccc(Cl)c(F)c1[C@@H](Nc1nc2ccccc2[nH]1)C1CCCC1. The molecule has 2 N–H and O–H groups in total. The Morgan fingerprint density at radius 3 is 2.64 bits per heavy atom. The van der Waals surface area contributed by atoms with E-state index in [9.17, 15) is 8.78 Å². The van der Waals surface area contributed by atoms with Gasteiger partial charge in [-0.05, 0) is 43.0 Å². The molecule has 130 valence electrons. The smallest absolute Gasteiger partial charge is 0.201 e. The van der Waals surface area contributed by atoms with Crippen LogP contribution in [0, 0.1) is 17.6 Å². The maximum atomic E-state index is 14.6. The van der Waals surface area contributed by atoms with Crippen molar-refractivity contribution in [3.8, 4) is 0 Å². The highest BCUT2D eigenvalue weighted by atomic mass is 35.5. The average molecular weight is 362 g/mol. The van der Waals surface area contributed by atoms with Crippen LogP contribution in [-0.2, 0) is 0 Å². The lowest BCUT2D eigenvalue weighted by atomic mass is 9.91. The monoisotopic (exact) mass is 361 g/mol. The van der Waals surface area contributed by atoms with Gasteiger partial charge in [-0.25, -0.2) is 13.8 Å². The van der Waals surface area contributed by atoms with Crippen molar-refractivity contribution in [2.75, 3.05) is 5.32 Å². The molecule has 0 saturated heterocycles. The molecule has 0 bridgehead atoms. The zero-order valence-electron chi connectivity index (χ0n) is 13.5. The topological polar surface area (TPSA) is 40.7 Å². The van der Waals surface area contributed by atoms with Crippen molar-refractivity contribution in [1.29, 1.82) is 0 Å². The number of H-pyrrole nitrogens is 1. The van der Waals surface area contributed by atoms with E-state index in [2.05, 4.69) is 15.3 Å². The van der Waals surface area contributed by atoms with Crippen molar-refractivity contribution in [3.63, 3.8) is 0 Å². The fourth-order valence-electron chi connectivity index (χ4n) is 3.71. The number of halogens is 3. The first-order valence-corrected chi connectivity index (χ1v) is 8.86. The van der Waals surface area contributed by atoms with Crippen molar-refractivity contribution in [3.05, 3.63) is 58.6 Å². The largest absolute Gasteiger partial charge is 0.348 e. The van der Waals surface area contributed by atoms with Crippen molar-refractivity contribution >= 4 is 28.6 Å². The van der Waals surface area contributed by atoms with Gasteiger partial charge in [-0.1, -0.05) is 36.6 Å². The maximum absolute atomic E-state index is 14.6. The van der Waals surface area contributed by atoms with E-state index < -0.39 is 17.7 Å². The summed E-state index contributed by atoms with van der Waals surface area (Å²) in [5.41, 5.74) is 1.68. The molecule has 6 heteroatoms. The van der Waals surface area contributed by atoms with Gasteiger partial charge < -0.3 is 10.3 Å². The molecule has 0 amide bonds. The van der Waals surface area contributed by atoms with Crippen LogP contribution in [0.5, 0.6) is 0 Å². The first-order chi connectivity index (χ1) is 12.1. The van der Waals surface area contributed by atoms with Crippen LogP contribution in [0.1, 0.15) is 37.3 Å². The van der Waals surface area contributed by atoms with Crippen LogP contribution >= 0.6 is 11.6 Å². The standard InChI is InChI=1S/C19H18ClF2N3/c20-12-9-10-13(21)16(17(12)22)18(11-5-1-2-6-11)25-19-23-14-7-3-4-8-15(14)24-19/h3-4,7-11,18H,1-2,5-6H2,(H2,23,24,25)/t18-/m0/s1. The van der Waals surface area contributed by atoms with Crippen molar-refractivity contribution in [2.45, 2.75) is 31.7 Å². The van der Waals surface area contributed by atoms with E-state index in [0.29, 0.717) is 5.95 Å². The lowest BCUT2D eigenvalue weighted by Crippen LogP contribution is -2.22. The van der Waals surface area contributed by atoms with Gasteiger partial charge in [-0.2, -0.15) is 0 Å². The normalized spacial score (nSPS) is 16.4. The second kappa shape index (κ2) is 6.64. The van der Waals surface area contributed by atoms with Gasteiger partial charge in [0.15, 0.2) is 0 Å². The molecule has 2 aromatic carbocycles. The molecular formula is C19H18ClF2N3. The number of hydrogen-bond donors (Lipinski definition) is 2. The number of para-hydroxylation sites is 2. The number of aromatic nitrogens is 2. The van der Waals surface area contributed by atoms with Crippen LogP contribution in [0.3, 0.4) is 0 Å². The minimum absolute atomic E-state index is 0.000133. The number of nitrogens with one attached hydrogen (secondary N) is 2. The lowest BCUT2D eigenvalue weighted by Gasteiger charge is -2.26. The first-order valence-electron chi connectivity index (χ1n) is 8.48. The van der Waals surface area contributed by atoms with Crippen LogP contribution < -0.4 is 5.32 Å². The minimum atomic E-state index is -0.692. The summed E-state index contributed by atoms with van der Waals surface area (Å²) in [4.78, 5) is 7.66. The number of anilines is 1. The molecule has 1 fully saturated rings. The molecule has 1 heterocycles. The predicted molar refractivity (Wildman–Crippen MR) is 95.8 cm³/mol. The van der Waals surface area contributed by atoms with Gasteiger partial charge in [0, 0.05) is 5.56 Å². The third-order valence-corrected chi connectivity index (χ3v) is 5.24. The Morgan fingerprint density at radius 2 is 1.88 bits per heavy atom. The highest BCUT2D eigenvalue weighted by Crippen LogP contribution is 2.40. The minimum Gasteiger partial charge on any atom is -0.348 e. The molecule has 0 aliphatic heterocycles. The molecule has 1 aliphatic rings. The lowest BCUT2D eigenvalue weighted by molar-refractivity contribution is 0.430. The van der Waals surface area contributed by atoms with Crippen LogP contribution in [0.2, 0.25) is 5.02 Å². The quantitative estimate of drug-likeness (QED) is 0.573. The molecule has 1 aliphatic carbocycles. The Kier molecular flexibility index (Phi) is 4.34. The number of hydrogen-bond acceptors (Lipinski definition) is 2. The zero-order chi connectivity index (χ0) is 17.4. The van der Waals surface area contributed by atoms with E-state index in [1.54, 1.807) is 0 Å². The Bertz CT molecular complexity index is 870. The summed E-state index contributed by atoms with van der Waals surface area (Å²) in [7, 11) is 0. The van der Waals surface area contributed by atoms with Gasteiger partial charge >= 0.3 is 0 Å². The van der Waals surface area contributed by atoms with E-state index in [4.69, 9.17) is 11.6 Å². The van der Waals surface area contributed by atoms with Gasteiger partial charge in [0.2, 0.25) is 5.95 Å². The Morgan fingerprint density at radius 1 is 1.12 bits per heavy atom. The van der Waals surface area contributed by atoms with Gasteiger partial charge in [-0.15, -0.1) is 0 Å². The summed E-state index contributed by atoms with van der Waals surface area (Å²) in [6, 6.07) is 9.58. The molecule has 25 heavy (non-hydrogen) atoms. The predicted octanol–water partition coefficient (Wildman–Crippen LogP) is 5.84. The Balaban J connectivity index is 1.75. The highest BCUT2D eigenvalue weighted by Gasteiger charge is 2.32. The summed E-state index contributed by atoms with van der Waals surface area (Å²) in [6.07, 6.45) is 3.96. The summed E-state index contributed by atoms with van der Waals surface area (Å²) in [5.74, 6) is -0.628. The van der Waals surface area contributed by atoms with E-state index >= 15 is 0 Å². The average Bonchev–Trinajstić information content (AvgIpc) is 3.26. The number of aromatic amines is 1. The maximum Gasteiger partial charge on any atom is 0.201 e. The molecule has 0 spiro atoms. The van der Waals surface area contributed by atoms with Crippen LogP contribution in [0.4, 0.5) is 14.7 Å².